The first kappa shape index (κ1) is 6.73. The Bertz CT molecular complexity index is 103. The smallest absolute Gasteiger partial charge is 0.0272 e. The summed E-state index contributed by atoms with van der Waals surface area (Å²) >= 11 is 0. The Labute approximate surface area is 47.2 Å². The SMILES string of the molecule is CC#CC/C=C\P. The Morgan fingerprint density at radius 3 is 2.86 bits per heavy atom. The Kier molecular flexibility index (Phi) is 5.51. The van der Waals surface area contributed by atoms with E-state index in [1.54, 1.807) is 0 Å². The Morgan fingerprint density at radius 1 is 1.71 bits per heavy atom. The Balaban J connectivity index is 3.09. The molecule has 0 saturated heterocycles. The lowest BCUT2D eigenvalue weighted by molar-refractivity contribution is 1.48. The van der Waals surface area contributed by atoms with Crippen LogP contribution in [0.2, 0.25) is 0 Å². The van der Waals surface area contributed by atoms with Crippen LogP contribution in [0, 0.1) is 11.8 Å². The average molecular weight is 112 g/mol. The molecule has 0 heterocycles. The largest absolute Gasteiger partial charge is 0.114 e. The van der Waals surface area contributed by atoms with Crippen molar-refractivity contribution in [1.82, 2.24) is 0 Å². The van der Waals surface area contributed by atoms with Crippen LogP contribution in [-0.2, 0) is 0 Å². The van der Waals surface area contributed by atoms with Crippen LogP contribution in [0.5, 0.6) is 0 Å². The van der Waals surface area contributed by atoms with Crippen molar-refractivity contribution in [3.8, 4) is 11.8 Å². The molecule has 0 aliphatic carbocycles. The van der Waals surface area contributed by atoms with Gasteiger partial charge in [-0.15, -0.1) is 15.2 Å². The summed E-state index contributed by atoms with van der Waals surface area (Å²) in [6, 6.07) is 0. The van der Waals surface area contributed by atoms with Gasteiger partial charge >= 0.3 is 0 Å². The van der Waals surface area contributed by atoms with E-state index in [0.717, 1.165) is 6.42 Å². The minimum Gasteiger partial charge on any atom is -0.114 e. The predicted molar refractivity (Wildman–Crippen MR) is 36.9 cm³/mol. The highest BCUT2D eigenvalue weighted by molar-refractivity contribution is 7.20. The molecule has 0 rings (SSSR count). The maximum atomic E-state index is 2.90. The van der Waals surface area contributed by atoms with E-state index in [-0.39, 0.29) is 0 Å². The molecule has 0 radical (unpaired) electrons. The van der Waals surface area contributed by atoms with Gasteiger partial charge in [0.2, 0.25) is 0 Å². The van der Waals surface area contributed by atoms with Crippen LogP contribution in [0.25, 0.3) is 0 Å². The zero-order chi connectivity index (χ0) is 5.54. The van der Waals surface area contributed by atoms with E-state index in [2.05, 4.69) is 21.1 Å². The maximum Gasteiger partial charge on any atom is 0.0272 e. The van der Waals surface area contributed by atoms with Gasteiger partial charge in [-0.1, -0.05) is 17.8 Å². The van der Waals surface area contributed by atoms with Crippen molar-refractivity contribution in [3.63, 3.8) is 0 Å². The molecule has 7 heavy (non-hydrogen) atoms. The third-order valence-electron chi connectivity index (χ3n) is 0.533. The highest BCUT2D eigenvalue weighted by Crippen LogP contribution is 1.85. The molecule has 0 fully saturated rings. The molecule has 0 bridgehead atoms. The van der Waals surface area contributed by atoms with Crippen molar-refractivity contribution in [2.24, 2.45) is 0 Å². The van der Waals surface area contributed by atoms with Crippen molar-refractivity contribution >= 4 is 9.24 Å². The first-order valence-corrected chi connectivity index (χ1v) is 2.85. The van der Waals surface area contributed by atoms with E-state index in [0.29, 0.717) is 0 Å². The first-order chi connectivity index (χ1) is 3.41. The number of hydrogen-bond donors (Lipinski definition) is 0. The van der Waals surface area contributed by atoms with Crippen LogP contribution in [0.15, 0.2) is 11.9 Å². The lowest BCUT2D eigenvalue weighted by Crippen LogP contribution is -1.51. The molecule has 0 N–H and O–H groups in total. The molecule has 1 atom stereocenters. The van der Waals surface area contributed by atoms with Crippen molar-refractivity contribution in [3.05, 3.63) is 11.9 Å². The molecule has 0 aromatic carbocycles. The van der Waals surface area contributed by atoms with E-state index in [1.165, 1.54) is 0 Å². The lowest BCUT2D eigenvalue weighted by Gasteiger charge is -1.68. The summed E-state index contributed by atoms with van der Waals surface area (Å²) in [5.74, 6) is 7.61. The minimum atomic E-state index is 0.875. The Morgan fingerprint density at radius 2 is 2.43 bits per heavy atom. The van der Waals surface area contributed by atoms with Crippen molar-refractivity contribution < 1.29 is 0 Å². The monoisotopic (exact) mass is 112 g/mol. The summed E-state index contributed by atoms with van der Waals surface area (Å²) < 4.78 is 0. The van der Waals surface area contributed by atoms with E-state index in [9.17, 15) is 0 Å². The fraction of sp³-hybridized carbons (Fsp3) is 0.333. The average Bonchev–Trinajstić information content (AvgIpc) is 1.69. The van der Waals surface area contributed by atoms with E-state index in [4.69, 9.17) is 0 Å². The van der Waals surface area contributed by atoms with Crippen LogP contribution in [0.3, 0.4) is 0 Å². The Hall–Kier alpha value is -0.270. The van der Waals surface area contributed by atoms with Crippen LogP contribution < -0.4 is 0 Å². The first-order valence-electron chi connectivity index (χ1n) is 2.18. The molecule has 0 aromatic heterocycles. The maximum absolute atomic E-state index is 2.90. The molecule has 0 nitrogen and oxygen atoms in total. The molecular formula is C6H9P. The van der Waals surface area contributed by atoms with Gasteiger partial charge in [-0.2, -0.15) is 0 Å². The molecular weight excluding hydrogens is 103 g/mol. The normalized spacial score (nSPS) is 8.29. The number of allylic oxidation sites excluding steroid dienone is 1. The number of hydrogen-bond acceptors (Lipinski definition) is 0. The third-order valence-corrected chi connectivity index (χ3v) is 0.805. The summed E-state index contributed by atoms with van der Waals surface area (Å²) in [5.41, 5.74) is 0. The van der Waals surface area contributed by atoms with Gasteiger partial charge in [-0.3, -0.25) is 0 Å². The topological polar surface area (TPSA) is 0 Å². The van der Waals surface area contributed by atoms with Crippen molar-refractivity contribution in [2.75, 3.05) is 0 Å². The zero-order valence-electron chi connectivity index (χ0n) is 4.44. The second-order valence-electron chi connectivity index (χ2n) is 1.06. The molecule has 0 aliphatic heterocycles. The van der Waals surface area contributed by atoms with Gasteiger partial charge in [0.1, 0.15) is 0 Å². The van der Waals surface area contributed by atoms with Gasteiger partial charge < -0.3 is 0 Å². The molecule has 0 aromatic rings. The van der Waals surface area contributed by atoms with Crippen molar-refractivity contribution in [2.45, 2.75) is 13.3 Å². The second-order valence-corrected chi connectivity index (χ2v) is 1.44. The highest BCUT2D eigenvalue weighted by atomic mass is 31.0. The third kappa shape index (κ3) is 5.73. The van der Waals surface area contributed by atoms with E-state index < -0.39 is 0 Å². The van der Waals surface area contributed by atoms with Crippen molar-refractivity contribution in [1.29, 1.82) is 0 Å². The van der Waals surface area contributed by atoms with Gasteiger partial charge in [-0.05, 0) is 6.92 Å². The fourth-order valence-corrected chi connectivity index (χ4v) is 0.365. The van der Waals surface area contributed by atoms with Crippen LogP contribution >= 0.6 is 9.24 Å². The minimum absolute atomic E-state index is 0.875. The molecule has 1 heteroatoms. The summed E-state index contributed by atoms with van der Waals surface area (Å²) in [4.78, 5) is 0. The van der Waals surface area contributed by atoms with Gasteiger partial charge in [0, 0.05) is 6.42 Å². The summed E-state index contributed by atoms with van der Waals surface area (Å²) in [7, 11) is 2.50. The van der Waals surface area contributed by atoms with Crippen LogP contribution in [0.1, 0.15) is 13.3 Å². The summed E-state index contributed by atoms with van der Waals surface area (Å²) in [6.45, 7) is 1.84. The van der Waals surface area contributed by atoms with Gasteiger partial charge in [0.25, 0.3) is 0 Å². The molecule has 0 aliphatic rings. The van der Waals surface area contributed by atoms with Gasteiger partial charge in [0.15, 0.2) is 0 Å². The molecule has 38 valence electrons. The fourth-order valence-electron chi connectivity index (χ4n) is 0.229. The highest BCUT2D eigenvalue weighted by Gasteiger charge is 1.59. The molecule has 0 saturated carbocycles. The summed E-state index contributed by atoms with van der Waals surface area (Å²) in [5, 5.41) is 0. The molecule has 0 amide bonds. The van der Waals surface area contributed by atoms with E-state index >= 15 is 0 Å². The lowest BCUT2D eigenvalue weighted by atomic mass is 10.4. The zero-order valence-corrected chi connectivity index (χ0v) is 5.59. The molecule has 0 spiro atoms. The van der Waals surface area contributed by atoms with Gasteiger partial charge in [0.05, 0.1) is 0 Å². The molecule has 1 unspecified atom stereocenters. The van der Waals surface area contributed by atoms with Crippen LogP contribution in [0.4, 0.5) is 0 Å². The summed E-state index contributed by atoms with van der Waals surface area (Å²) in [6.07, 6.45) is 2.88. The number of rotatable bonds is 1. The van der Waals surface area contributed by atoms with E-state index in [1.807, 2.05) is 18.8 Å². The predicted octanol–water partition coefficient (Wildman–Crippen LogP) is 1.79. The van der Waals surface area contributed by atoms with Crippen LogP contribution in [-0.4, -0.2) is 0 Å². The standard InChI is InChI=1S/C6H9P/c1-2-3-4-5-6-7/h5-6H,4,7H2,1H3/b6-5-. The van der Waals surface area contributed by atoms with Gasteiger partial charge in [-0.25, -0.2) is 0 Å². The quantitative estimate of drug-likeness (QED) is 0.358. The second kappa shape index (κ2) is 5.73.